The van der Waals surface area contributed by atoms with E-state index in [-0.39, 0.29) is 0 Å². The lowest BCUT2D eigenvalue weighted by atomic mass is 9.94. The first-order valence-corrected chi connectivity index (χ1v) is 7.67. The van der Waals surface area contributed by atoms with E-state index in [9.17, 15) is 5.21 Å². The highest BCUT2D eigenvalue weighted by Gasteiger charge is 2.33. The molecule has 0 radical (unpaired) electrons. The van der Waals surface area contributed by atoms with E-state index >= 15 is 0 Å². The van der Waals surface area contributed by atoms with Crippen molar-refractivity contribution in [2.24, 2.45) is 10.1 Å². The lowest BCUT2D eigenvalue weighted by molar-refractivity contribution is 0.316. The third-order valence-electron chi connectivity index (χ3n) is 3.85. The normalized spacial score (nSPS) is 18.3. The zero-order chi connectivity index (χ0) is 16.5. The first-order valence-electron chi connectivity index (χ1n) is 7.29. The fourth-order valence-corrected chi connectivity index (χ4v) is 2.89. The van der Waals surface area contributed by atoms with Crippen LogP contribution >= 0.6 is 11.6 Å². The molecule has 1 aromatic heterocycles. The van der Waals surface area contributed by atoms with Gasteiger partial charge in [-0.1, -0.05) is 59.2 Å². The summed E-state index contributed by atoms with van der Waals surface area (Å²) >= 11 is 5.99. The molecular weight excluding hydrogens is 326 g/mol. The molecule has 0 saturated carbocycles. The first-order chi connectivity index (χ1) is 11.8. The van der Waals surface area contributed by atoms with Crippen LogP contribution in [0.15, 0.2) is 71.1 Å². The van der Waals surface area contributed by atoms with E-state index in [1.165, 1.54) is 6.33 Å². The van der Waals surface area contributed by atoms with Crippen LogP contribution in [0, 0.1) is 0 Å². The van der Waals surface area contributed by atoms with Gasteiger partial charge in [-0.15, -0.1) is 0 Å². The van der Waals surface area contributed by atoms with Gasteiger partial charge >= 0.3 is 0 Å². The van der Waals surface area contributed by atoms with E-state index in [0.717, 1.165) is 11.1 Å². The molecule has 0 saturated heterocycles. The van der Waals surface area contributed by atoms with Crippen molar-refractivity contribution < 1.29 is 5.21 Å². The van der Waals surface area contributed by atoms with Crippen LogP contribution in [0.4, 0.5) is 5.95 Å². The van der Waals surface area contributed by atoms with Crippen LogP contribution in [0.5, 0.6) is 0 Å². The number of rotatable bonds is 2. The summed E-state index contributed by atoms with van der Waals surface area (Å²) in [6.45, 7) is 0. The third kappa shape index (κ3) is 2.37. The minimum Gasteiger partial charge on any atom is -0.411 e. The van der Waals surface area contributed by atoms with Crippen LogP contribution in [-0.4, -0.2) is 31.4 Å². The van der Waals surface area contributed by atoms with E-state index in [1.807, 2.05) is 42.5 Å². The Kier molecular flexibility index (Phi) is 3.59. The van der Waals surface area contributed by atoms with Crippen molar-refractivity contribution in [3.8, 4) is 0 Å². The van der Waals surface area contributed by atoms with Crippen molar-refractivity contribution in [1.29, 1.82) is 0 Å². The predicted molar refractivity (Wildman–Crippen MR) is 91.5 cm³/mol. The van der Waals surface area contributed by atoms with E-state index in [2.05, 4.69) is 20.2 Å². The third-order valence-corrected chi connectivity index (χ3v) is 4.10. The average molecular weight is 338 g/mol. The van der Waals surface area contributed by atoms with Gasteiger partial charge in [-0.2, -0.15) is 10.1 Å². The van der Waals surface area contributed by atoms with E-state index in [4.69, 9.17) is 11.6 Å². The molecule has 0 aliphatic carbocycles. The van der Waals surface area contributed by atoms with E-state index in [0.29, 0.717) is 22.4 Å². The van der Waals surface area contributed by atoms with Crippen LogP contribution in [0.1, 0.15) is 17.2 Å². The van der Waals surface area contributed by atoms with Gasteiger partial charge in [-0.25, -0.2) is 9.67 Å². The molecule has 1 N–H and O–H groups in total. The number of benzene rings is 2. The summed E-state index contributed by atoms with van der Waals surface area (Å²) in [5.74, 6) is 0.459. The van der Waals surface area contributed by atoms with Gasteiger partial charge in [-0.3, -0.25) is 0 Å². The Labute approximate surface area is 142 Å². The number of aliphatic imine (C=N–C) groups is 1. The lowest BCUT2D eigenvalue weighted by Gasteiger charge is -2.24. The Balaban J connectivity index is 1.91. The summed E-state index contributed by atoms with van der Waals surface area (Å²) in [5, 5.41) is 18.1. The van der Waals surface area contributed by atoms with Crippen LogP contribution in [0.2, 0.25) is 5.02 Å². The van der Waals surface area contributed by atoms with Gasteiger partial charge in [-0.05, 0) is 17.7 Å². The summed E-state index contributed by atoms with van der Waals surface area (Å²) in [6, 6.07) is 16.4. The van der Waals surface area contributed by atoms with E-state index < -0.39 is 6.04 Å². The Hall–Kier alpha value is -2.99. The van der Waals surface area contributed by atoms with Crippen molar-refractivity contribution in [1.82, 2.24) is 14.8 Å². The molecule has 7 heteroatoms. The maximum atomic E-state index is 9.69. The number of nitrogens with zero attached hydrogens (tertiary/aromatic N) is 5. The number of oxime groups is 1. The highest BCUT2D eigenvalue weighted by atomic mass is 35.5. The molecule has 0 fully saturated rings. The summed E-state index contributed by atoms with van der Waals surface area (Å²) in [7, 11) is 0. The number of fused-ring (bicyclic) bond motifs is 1. The second kappa shape index (κ2) is 5.90. The van der Waals surface area contributed by atoms with Crippen molar-refractivity contribution >= 4 is 29.0 Å². The van der Waals surface area contributed by atoms with Crippen molar-refractivity contribution in [2.45, 2.75) is 6.04 Å². The molecule has 24 heavy (non-hydrogen) atoms. The molecular formula is C17H12ClN5O. The summed E-state index contributed by atoms with van der Waals surface area (Å²) in [5.41, 5.74) is 2.70. The molecule has 6 nitrogen and oxygen atoms in total. The molecule has 0 spiro atoms. The Morgan fingerprint density at radius 3 is 2.50 bits per heavy atom. The minimum absolute atomic E-state index is 0.404. The zero-order valence-corrected chi connectivity index (χ0v) is 13.2. The smallest absolute Gasteiger partial charge is 0.249 e. The molecule has 1 aliphatic rings. The second-order valence-corrected chi connectivity index (χ2v) is 5.71. The van der Waals surface area contributed by atoms with Gasteiger partial charge in [0, 0.05) is 10.6 Å². The van der Waals surface area contributed by atoms with Crippen LogP contribution < -0.4 is 0 Å². The molecule has 118 valence electrons. The van der Waals surface area contributed by atoms with Crippen LogP contribution in [0.25, 0.3) is 0 Å². The second-order valence-electron chi connectivity index (χ2n) is 5.27. The molecule has 1 aliphatic heterocycles. The molecule has 0 bridgehead atoms. The summed E-state index contributed by atoms with van der Waals surface area (Å²) in [4.78, 5) is 8.71. The number of aromatic nitrogens is 3. The highest BCUT2D eigenvalue weighted by molar-refractivity contribution is 6.50. The fraction of sp³-hybridized carbons (Fsp3) is 0.0588. The number of hydrogen-bond acceptors (Lipinski definition) is 5. The summed E-state index contributed by atoms with van der Waals surface area (Å²) < 4.78 is 1.63. The van der Waals surface area contributed by atoms with Crippen molar-refractivity contribution in [3.05, 3.63) is 77.1 Å². The molecule has 2 heterocycles. The van der Waals surface area contributed by atoms with Crippen LogP contribution in [0.3, 0.4) is 0 Å². The molecule has 3 aromatic rings. The van der Waals surface area contributed by atoms with Gasteiger partial charge in [0.15, 0.2) is 0 Å². The monoisotopic (exact) mass is 337 g/mol. The highest BCUT2D eigenvalue weighted by Crippen LogP contribution is 2.31. The molecule has 0 unspecified atom stereocenters. The number of halogens is 1. The lowest BCUT2D eigenvalue weighted by Crippen LogP contribution is -2.32. The molecule has 0 amide bonds. The summed E-state index contributed by atoms with van der Waals surface area (Å²) in [6.07, 6.45) is 1.44. The topological polar surface area (TPSA) is 75.7 Å². The van der Waals surface area contributed by atoms with Crippen LogP contribution in [-0.2, 0) is 0 Å². The Bertz CT molecular complexity index is 931. The largest absolute Gasteiger partial charge is 0.411 e. The SMILES string of the molecule is O/N=C1/C(c2ccccc2)=Nc2ncnn2[C@H]1c1ccc(Cl)cc1. The van der Waals surface area contributed by atoms with Gasteiger partial charge in [0.2, 0.25) is 5.95 Å². The maximum Gasteiger partial charge on any atom is 0.249 e. The maximum absolute atomic E-state index is 9.69. The first kappa shape index (κ1) is 14.6. The fourth-order valence-electron chi connectivity index (χ4n) is 2.76. The Morgan fingerprint density at radius 1 is 1.04 bits per heavy atom. The standard InChI is InChI=1S/C17H12ClN5O/c18-13-8-6-12(7-9-13)16-15(22-24)14(11-4-2-1-3-5-11)21-17-19-10-20-23(16)17/h1-10,16,24H/b22-15-/t16-/m0/s1. The molecule has 1 atom stereocenters. The van der Waals surface area contributed by atoms with Gasteiger partial charge in [0.05, 0.1) is 0 Å². The van der Waals surface area contributed by atoms with E-state index in [1.54, 1.807) is 16.8 Å². The number of hydrogen-bond donors (Lipinski definition) is 1. The van der Waals surface area contributed by atoms with Crippen molar-refractivity contribution in [2.75, 3.05) is 0 Å². The Morgan fingerprint density at radius 2 is 1.79 bits per heavy atom. The molecule has 2 aromatic carbocycles. The van der Waals surface area contributed by atoms with Gasteiger partial charge in [0.25, 0.3) is 0 Å². The zero-order valence-electron chi connectivity index (χ0n) is 12.4. The van der Waals surface area contributed by atoms with Gasteiger partial charge in [0.1, 0.15) is 23.8 Å². The van der Waals surface area contributed by atoms with Gasteiger partial charge < -0.3 is 5.21 Å². The van der Waals surface area contributed by atoms with Crippen molar-refractivity contribution in [3.63, 3.8) is 0 Å². The minimum atomic E-state index is -0.433. The quantitative estimate of drug-likeness (QED) is 0.574. The average Bonchev–Trinajstić information content (AvgIpc) is 3.10. The predicted octanol–water partition coefficient (Wildman–Crippen LogP) is 3.49. The molecule has 4 rings (SSSR count).